The normalized spacial score (nSPS) is 11.9. The molecule has 156 valence electrons. The molecule has 0 fully saturated rings. The van der Waals surface area contributed by atoms with Gasteiger partial charge < -0.3 is 10.4 Å². The Morgan fingerprint density at radius 3 is 2.50 bits per heavy atom. The Hall–Kier alpha value is -3.75. The summed E-state index contributed by atoms with van der Waals surface area (Å²) in [5.74, 6) is -3.64. The van der Waals surface area contributed by atoms with Crippen LogP contribution >= 0.6 is 0 Å². The van der Waals surface area contributed by atoms with Gasteiger partial charge in [0.1, 0.15) is 17.2 Å². The van der Waals surface area contributed by atoms with Gasteiger partial charge in [-0.15, -0.1) is 0 Å². The molecule has 0 aliphatic rings. The van der Waals surface area contributed by atoms with Crippen LogP contribution in [0.15, 0.2) is 47.3 Å². The molecular weight excluding hydrogens is 396 g/mol. The summed E-state index contributed by atoms with van der Waals surface area (Å²) < 4.78 is 27.9. The maximum absolute atomic E-state index is 14.0. The Bertz CT molecular complexity index is 1180. The van der Waals surface area contributed by atoms with E-state index in [1.165, 1.54) is 0 Å². The molecule has 0 saturated heterocycles. The number of carbonyl (C=O) groups excluding carboxylic acids is 1. The molecule has 9 heteroatoms. The summed E-state index contributed by atoms with van der Waals surface area (Å²) in [7, 11) is 0. The van der Waals surface area contributed by atoms with Gasteiger partial charge in [0.05, 0.1) is 12.5 Å². The number of benzene rings is 2. The SMILES string of the molecule is Cc1ccc(C(CC(=O)O)NC(=O)c2cc(=O)n(-c3ccc(F)cc3F)[nH]2)c(C)c1. The number of nitrogens with zero attached hydrogens (tertiary/aromatic N) is 1. The fourth-order valence-corrected chi connectivity index (χ4v) is 3.22. The Balaban J connectivity index is 1.91. The third kappa shape index (κ3) is 4.45. The van der Waals surface area contributed by atoms with Gasteiger partial charge in [-0.25, -0.2) is 13.5 Å². The molecule has 7 nitrogen and oxygen atoms in total. The molecule has 3 aromatic rings. The van der Waals surface area contributed by atoms with Crippen molar-refractivity contribution < 1.29 is 23.5 Å². The van der Waals surface area contributed by atoms with Crippen LogP contribution < -0.4 is 10.9 Å². The smallest absolute Gasteiger partial charge is 0.305 e. The van der Waals surface area contributed by atoms with Gasteiger partial charge in [-0.1, -0.05) is 23.8 Å². The minimum absolute atomic E-state index is 0.191. The number of aryl methyl sites for hydroxylation is 2. The zero-order valence-corrected chi connectivity index (χ0v) is 16.2. The highest BCUT2D eigenvalue weighted by molar-refractivity contribution is 5.92. The van der Waals surface area contributed by atoms with Crippen LogP contribution in [0.25, 0.3) is 5.69 Å². The first kappa shape index (κ1) is 21.0. The van der Waals surface area contributed by atoms with Gasteiger partial charge in [-0.2, -0.15) is 0 Å². The molecule has 1 unspecified atom stereocenters. The van der Waals surface area contributed by atoms with Crippen molar-refractivity contribution in [3.8, 4) is 5.69 Å². The summed E-state index contributed by atoms with van der Waals surface area (Å²) in [6.07, 6.45) is -0.368. The molecule has 0 radical (unpaired) electrons. The van der Waals surface area contributed by atoms with Crippen LogP contribution in [0.1, 0.15) is 39.6 Å². The number of carboxylic acid groups (broad SMARTS) is 1. The number of carboxylic acids is 1. The van der Waals surface area contributed by atoms with Crippen molar-refractivity contribution >= 4 is 11.9 Å². The van der Waals surface area contributed by atoms with Crippen LogP contribution in [-0.4, -0.2) is 26.8 Å². The van der Waals surface area contributed by atoms with Gasteiger partial charge in [0, 0.05) is 12.1 Å². The monoisotopic (exact) mass is 415 g/mol. The average molecular weight is 415 g/mol. The van der Waals surface area contributed by atoms with E-state index >= 15 is 0 Å². The zero-order valence-electron chi connectivity index (χ0n) is 16.2. The lowest BCUT2D eigenvalue weighted by molar-refractivity contribution is -0.137. The van der Waals surface area contributed by atoms with Crippen LogP contribution in [0.4, 0.5) is 8.78 Å². The number of nitrogens with one attached hydrogen (secondary N) is 2. The molecule has 0 bridgehead atoms. The summed E-state index contributed by atoms with van der Waals surface area (Å²) in [5, 5.41) is 14.3. The summed E-state index contributed by atoms with van der Waals surface area (Å²) in [4.78, 5) is 36.2. The minimum Gasteiger partial charge on any atom is -0.481 e. The van der Waals surface area contributed by atoms with E-state index in [1.807, 2.05) is 13.0 Å². The van der Waals surface area contributed by atoms with E-state index in [4.69, 9.17) is 0 Å². The van der Waals surface area contributed by atoms with E-state index in [9.17, 15) is 28.3 Å². The molecule has 3 rings (SSSR count). The van der Waals surface area contributed by atoms with Crippen molar-refractivity contribution in [3.63, 3.8) is 0 Å². The topological polar surface area (TPSA) is 104 Å². The maximum Gasteiger partial charge on any atom is 0.305 e. The standard InChI is InChI=1S/C21H19F2N3O4/c1-11-3-5-14(12(2)7-11)16(10-20(28)29)24-21(30)17-9-19(27)26(25-17)18-6-4-13(22)8-15(18)23/h3-9,16,25H,10H2,1-2H3,(H,24,30)(H,28,29). The largest absolute Gasteiger partial charge is 0.481 e. The molecule has 2 aromatic carbocycles. The molecule has 0 saturated carbocycles. The van der Waals surface area contributed by atoms with Crippen molar-refractivity contribution in [3.05, 3.63) is 86.8 Å². The van der Waals surface area contributed by atoms with Crippen molar-refractivity contribution in [1.82, 2.24) is 15.1 Å². The van der Waals surface area contributed by atoms with Gasteiger partial charge in [0.15, 0.2) is 5.82 Å². The Morgan fingerprint density at radius 2 is 1.87 bits per heavy atom. The van der Waals surface area contributed by atoms with Crippen molar-refractivity contribution in [2.75, 3.05) is 0 Å². The van der Waals surface area contributed by atoms with Crippen LogP contribution in [0, 0.1) is 25.5 Å². The van der Waals surface area contributed by atoms with Crippen LogP contribution in [0.2, 0.25) is 0 Å². The first-order valence-electron chi connectivity index (χ1n) is 9.03. The average Bonchev–Trinajstić information content (AvgIpc) is 3.02. The van der Waals surface area contributed by atoms with Gasteiger partial charge in [0.2, 0.25) is 0 Å². The Kier molecular flexibility index (Phi) is 5.81. The lowest BCUT2D eigenvalue weighted by atomic mass is 9.97. The van der Waals surface area contributed by atoms with Gasteiger partial charge >= 0.3 is 5.97 Å². The highest BCUT2D eigenvalue weighted by Gasteiger charge is 2.22. The van der Waals surface area contributed by atoms with Crippen LogP contribution in [-0.2, 0) is 4.79 Å². The third-order valence-electron chi connectivity index (χ3n) is 4.60. The Morgan fingerprint density at radius 1 is 1.13 bits per heavy atom. The van der Waals surface area contributed by atoms with Crippen molar-refractivity contribution in [2.24, 2.45) is 0 Å². The first-order valence-corrected chi connectivity index (χ1v) is 9.03. The number of aromatic amines is 1. The van der Waals surface area contributed by atoms with Gasteiger partial charge in [-0.3, -0.25) is 19.5 Å². The second-order valence-electron chi connectivity index (χ2n) is 6.92. The lowest BCUT2D eigenvalue weighted by Gasteiger charge is -2.19. The number of carbonyl (C=O) groups is 2. The molecular formula is C21H19F2N3O4. The van der Waals surface area contributed by atoms with Gasteiger partial charge in [0.25, 0.3) is 11.5 Å². The van der Waals surface area contributed by atoms with Crippen molar-refractivity contribution in [1.29, 1.82) is 0 Å². The Labute approximate surface area is 170 Å². The number of aromatic nitrogens is 2. The van der Waals surface area contributed by atoms with E-state index in [1.54, 1.807) is 19.1 Å². The van der Waals surface area contributed by atoms with Crippen LogP contribution in [0.5, 0.6) is 0 Å². The zero-order chi connectivity index (χ0) is 22.0. The number of hydrogen-bond donors (Lipinski definition) is 3. The summed E-state index contributed by atoms with van der Waals surface area (Å²) in [6, 6.07) is 8.18. The van der Waals surface area contributed by atoms with E-state index in [2.05, 4.69) is 10.4 Å². The van der Waals surface area contributed by atoms with E-state index < -0.39 is 35.1 Å². The third-order valence-corrected chi connectivity index (χ3v) is 4.60. The molecule has 0 aliphatic heterocycles. The summed E-state index contributed by atoms with van der Waals surface area (Å²) in [5.41, 5.74) is 1.25. The summed E-state index contributed by atoms with van der Waals surface area (Å²) >= 11 is 0. The van der Waals surface area contributed by atoms with Crippen LogP contribution in [0.3, 0.4) is 0 Å². The maximum atomic E-state index is 14.0. The predicted octanol–water partition coefficient (Wildman–Crippen LogP) is 3.01. The fraction of sp³-hybridized carbons (Fsp3) is 0.190. The van der Waals surface area contributed by atoms with E-state index in [0.29, 0.717) is 11.6 Å². The number of amides is 1. The molecule has 1 amide bonds. The molecule has 1 heterocycles. The highest BCUT2D eigenvalue weighted by atomic mass is 19.1. The predicted molar refractivity (Wildman–Crippen MR) is 105 cm³/mol. The molecule has 3 N–H and O–H groups in total. The fourth-order valence-electron chi connectivity index (χ4n) is 3.22. The molecule has 1 aromatic heterocycles. The lowest BCUT2D eigenvalue weighted by Crippen LogP contribution is -2.31. The van der Waals surface area contributed by atoms with E-state index in [0.717, 1.165) is 34.0 Å². The number of H-pyrrole nitrogens is 1. The molecule has 30 heavy (non-hydrogen) atoms. The number of aliphatic carboxylic acids is 1. The molecule has 0 aliphatic carbocycles. The first-order chi connectivity index (χ1) is 14.2. The van der Waals surface area contributed by atoms with Crippen molar-refractivity contribution in [2.45, 2.75) is 26.3 Å². The number of rotatable bonds is 6. The second kappa shape index (κ2) is 8.32. The molecule has 0 spiro atoms. The second-order valence-corrected chi connectivity index (χ2v) is 6.92. The minimum atomic E-state index is -1.11. The quantitative estimate of drug-likeness (QED) is 0.576. The summed E-state index contributed by atoms with van der Waals surface area (Å²) in [6.45, 7) is 3.70. The molecule has 1 atom stereocenters. The van der Waals surface area contributed by atoms with Gasteiger partial charge in [-0.05, 0) is 37.1 Å². The number of hydrogen-bond acceptors (Lipinski definition) is 3. The number of halogens is 2. The highest BCUT2D eigenvalue weighted by Crippen LogP contribution is 2.22. The van der Waals surface area contributed by atoms with E-state index in [-0.39, 0.29) is 17.8 Å².